The first kappa shape index (κ1) is 14.4. The molecule has 2 rings (SSSR count). The summed E-state index contributed by atoms with van der Waals surface area (Å²) in [6.07, 6.45) is -2.33. The van der Waals surface area contributed by atoms with Crippen LogP contribution >= 0.6 is 0 Å². The SMILES string of the molecule is NC(=NO)C(CN1CCN2CCCC2C1)C(F)(F)F. The van der Waals surface area contributed by atoms with E-state index in [1.165, 1.54) is 0 Å². The van der Waals surface area contributed by atoms with Gasteiger partial charge in [-0.05, 0) is 19.4 Å². The quantitative estimate of drug-likeness (QED) is 0.345. The molecule has 2 atom stereocenters. The van der Waals surface area contributed by atoms with E-state index in [1.54, 1.807) is 4.90 Å². The number of hydrogen-bond donors (Lipinski definition) is 2. The summed E-state index contributed by atoms with van der Waals surface area (Å²) in [5.74, 6) is -2.66. The molecule has 0 aromatic rings. The Morgan fingerprint density at radius 2 is 2.11 bits per heavy atom. The number of oxime groups is 1. The van der Waals surface area contributed by atoms with Crippen molar-refractivity contribution >= 4 is 5.84 Å². The maximum atomic E-state index is 12.9. The normalized spacial score (nSPS) is 28.4. The predicted molar refractivity (Wildman–Crippen MR) is 64.0 cm³/mol. The summed E-state index contributed by atoms with van der Waals surface area (Å²) in [6, 6.07) is 0.356. The van der Waals surface area contributed by atoms with Crippen LogP contribution in [0.5, 0.6) is 0 Å². The lowest BCUT2D eigenvalue weighted by Gasteiger charge is -2.39. The van der Waals surface area contributed by atoms with Crippen LogP contribution in [0.3, 0.4) is 0 Å². The number of halogens is 3. The molecule has 110 valence electrons. The number of rotatable bonds is 3. The van der Waals surface area contributed by atoms with Crippen LogP contribution in [0, 0.1) is 5.92 Å². The largest absolute Gasteiger partial charge is 0.409 e. The molecule has 2 heterocycles. The highest BCUT2D eigenvalue weighted by Crippen LogP contribution is 2.29. The Labute approximate surface area is 109 Å². The molecule has 2 aliphatic rings. The summed E-state index contributed by atoms with van der Waals surface area (Å²) >= 11 is 0. The van der Waals surface area contributed by atoms with Crippen LogP contribution in [0.4, 0.5) is 13.2 Å². The van der Waals surface area contributed by atoms with Gasteiger partial charge in [0.25, 0.3) is 0 Å². The highest BCUT2D eigenvalue weighted by Gasteiger charge is 2.44. The first-order valence-electron chi connectivity index (χ1n) is 6.42. The summed E-state index contributed by atoms with van der Waals surface area (Å²) in [5.41, 5.74) is 5.17. The monoisotopic (exact) mass is 280 g/mol. The summed E-state index contributed by atoms with van der Waals surface area (Å²) in [4.78, 5) is 4.09. The minimum absolute atomic E-state index is 0.232. The Morgan fingerprint density at radius 3 is 2.74 bits per heavy atom. The second-order valence-corrected chi connectivity index (χ2v) is 5.21. The molecule has 2 unspecified atom stereocenters. The van der Waals surface area contributed by atoms with E-state index < -0.39 is 17.9 Å². The second-order valence-electron chi connectivity index (χ2n) is 5.21. The molecule has 0 saturated carbocycles. The Hall–Kier alpha value is -1.02. The summed E-state index contributed by atoms with van der Waals surface area (Å²) in [7, 11) is 0. The van der Waals surface area contributed by atoms with Gasteiger partial charge >= 0.3 is 6.18 Å². The van der Waals surface area contributed by atoms with Crippen molar-refractivity contribution in [2.75, 3.05) is 32.7 Å². The lowest BCUT2D eigenvalue weighted by molar-refractivity contribution is -0.161. The van der Waals surface area contributed by atoms with Crippen LogP contribution in [0.1, 0.15) is 12.8 Å². The number of amidine groups is 1. The molecule has 2 aliphatic heterocycles. The zero-order valence-electron chi connectivity index (χ0n) is 10.6. The van der Waals surface area contributed by atoms with Crippen molar-refractivity contribution in [3.05, 3.63) is 0 Å². The zero-order valence-corrected chi connectivity index (χ0v) is 10.6. The van der Waals surface area contributed by atoms with Gasteiger partial charge in [0.1, 0.15) is 5.92 Å². The van der Waals surface area contributed by atoms with E-state index in [2.05, 4.69) is 10.1 Å². The number of piperazine rings is 1. The first-order valence-corrected chi connectivity index (χ1v) is 6.42. The van der Waals surface area contributed by atoms with Crippen LogP contribution in [-0.4, -0.2) is 65.8 Å². The Balaban J connectivity index is 1.98. The van der Waals surface area contributed by atoms with E-state index in [9.17, 15) is 13.2 Å². The van der Waals surface area contributed by atoms with Crippen molar-refractivity contribution in [1.82, 2.24) is 9.80 Å². The van der Waals surface area contributed by atoms with E-state index >= 15 is 0 Å². The van der Waals surface area contributed by atoms with Crippen LogP contribution in [0.25, 0.3) is 0 Å². The minimum Gasteiger partial charge on any atom is -0.409 e. The molecule has 0 spiro atoms. The topological polar surface area (TPSA) is 65.1 Å². The molecule has 0 amide bonds. The lowest BCUT2D eigenvalue weighted by atomic mass is 10.1. The van der Waals surface area contributed by atoms with Crippen molar-refractivity contribution in [1.29, 1.82) is 0 Å². The van der Waals surface area contributed by atoms with Gasteiger partial charge in [-0.3, -0.25) is 9.80 Å². The van der Waals surface area contributed by atoms with Crippen LogP contribution < -0.4 is 5.73 Å². The molecule has 0 bridgehead atoms. The summed E-state index contributed by atoms with van der Waals surface area (Å²) < 4.78 is 38.6. The van der Waals surface area contributed by atoms with Crippen LogP contribution in [-0.2, 0) is 0 Å². The molecule has 0 aliphatic carbocycles. The number of nitrogens with zero attached hydrogens (tertiary/aromatic N) is 3. The molecule has 3 N–H and O–H groups in total. The number of nitrogens with two attached hydrogens (primary N) is 1. The van der Waals surface area contributed by atoms with Gasteiger partial charge in [-0.25, -0.2) is 0 Å². The zero-order chi connectivity index (χ0) is 14.0. The first-order chi connectivity index (χ1) is 8.91. The highest BCUT2D eigenvalue weighted by molar-refractivity contribution is 5.83. The molecule has 0 radical (unpaired) electrons. The van der Waals surface area contributed by atoms with Gasteiger partial charge in [-0.1, -0.05) is 5.16 Å². The number of alkyl halides is 3. The third-order valence-corrected chi connectivity index (χ3v) is 3.98. The predicted octanol–water partition coefficient (Wildman–Crippen LogP) is 0.691. The van der Waals surface area contributed by atoms with E-state index in [0.29, 0.717) is 19.1 Å². The van der Waals surface area contributed by atoms with E-state index in [0.717, 1.165) is 25.9 Å². The third kappa shape index (κ3) is 3.30. The van der Waals surface area contributed by atoms with Gasteiger partial charge < -0.3 is 10.9 Å². The molecule has 2 fully saturated rings. The van der Waals surface area contributed by atoms with Crippen molar-refractivity contribution in [3.8, 4) is 0 Å². The van der Waals surface area contributed by atoms with Crippen molar-refractivity contribution in [2.24, 2.45) is 16.8 Å². The van der Waals surface area contributed by atoms with Gasteiger partial charge in [0.15, 0.2) is 5.84 Å². The molecule has 0 aromatic carbocycles. The van der Waals surface area contributed by atoms with Gasteiger partial charge in [0.2, 0.25) is 0 Å². The maximum absolute atomic E-state index is 12.9. The van der Waals surface area contributed by atoms with Crippen LogP contribution in [0.15, 0.2) is 5.16 Å². The molecule has 8 heteroatoms. The van der Waals surface area contributed by atoms with E-state index in [1.807, 2.05) is 0 Å². The van der Waals surface area contributed by atoms with Crippen molar-refractivity contribution in [3.63, 3.8) is 0 Å². The number of fused-ring (bicyclic) bond motifs is 1. The summed E-state index contributed by atoms with van der Waals surface area (Å²) in [5, 5.41) is 11.0. The van der Waals surface area contributed by atoms with Crippen molar-refractivity contribution in [2.45, 2.75) is 25.1 Å². The third-order valence-electron chi connectivity index (χ3n) is 3.98. The molecular weight excluding hydrogens is 261 g/mol. The molecule has 2 saturated heterocycles. The Morgan fingerprint density at radius 1 is 1.37 bits per heavy atom. The second kappa shape index (κ2) is 5.54. The standard InChI is InChI=1S/C11H19F3N4O/c12-11(13,14)9(10(15)16-19)7-17-4-5-18-3-1-2-8(18)6-17/h8-9,19H,1-7H2,(H2,15,16). The fourth-order valence-electron chi connectivity index (χ4n) is 2.91. The highest BCUT2D eigenvalue weighted by atomic mass is 19.4. The lowest BCUT2D eigenvalue weighted by Crippen LogP contribution is -2.54. The van der Waals surface area contributed by atoms with Crippen LogP contribution in [0.2, 0.25) is 0 Å². The smallest absolute Gasteiger partial charge is 0.400 e. The molecular formula is C11H19F3N4O. The average molecular weight is 280 g/mol. The van der Waals surface area contributed by atoms with Gasteiger partial charge in [-0.2, -0.15) is 13.2 Å². The van der Waals surface area contributed by atoms with Crippen molar-refractivity contribution < 1.29 is 18.4 Å². The molecule has 5 nitrogen and oxygen atoms in total. The van der Waals surface area contributed by atoms with E-state index in [-0.39, 0.29) is 6.54 Å². The maximum Gasteiger partial charge on any atom is 0.400 e. The fraction of sp³-hybridized carbons (Fsp3) is 0.909. The van der Waals surface area contributed by atoms with E-state index in [4.69, 9.17) is 10.9 Å². The Kier molecular flexibility index (Phi) is 4.19. The average Bonchev–Trinajstić information content (AvgIpc) is 2.81. The molecule has 19 heavy (non-hydrogen) atoms. The van der Waals surface area contributed by atoms with Gasteiger partial charge in [0.05, 0.1) is 0 Å². The van der Waals surface area contributed by atoms with Gasteiger partial charge in [0, 0.05) is 32.2 Å². The molecule has 0 aromatic heterocycles. The number of hydrogen-bond acceptors (Lipinski definition) is 4. The Bertz CT molecular complexity index is 347. The fourth-order valence-corrected chi connectivity index (χ4v) is 2.91. The minimum atomic E-state index is -4.48. The van der Waals surface area contributed by atoms with Gasteiger partial charge in [-0.15, -0.1) is 0 Å². The summed E-state index contributed by atoms with van der Waals surface area (Å²) in [6.45, 7) is 2.84.